The summed E-state index contributed by atoms with van der Waals surface area (Å²) in [5, 5.41) is 18.6. The largest absolute Gasteiger partial charge is 0.381 e. The van der Waals surface area contributed by atoms with E-state index in [0.29, 0.717) is 19.0 Å². The zero-order valence-electron chi connectivity index (χ0n) is 28.9. The molecule has 2 aliphatic rings. The first-order valence-corrected chi connectivity index (χ1v) is 17.9. The molecule has 1 saturated heterocycles. The molecule has 0 spiro atoms. The van der Waals surface area contributed by atoms with Gasteiger partial charge in [-0.3, -0.25) is 4.79 Å². The second-order valence-electron chi connectivity index (χ2n) is 14.6. The van der Waals surface area contributed by atoms with Gasteiger partial charge in [0.05, 0.1) is 0 Å². The molecule has 7 heteroatoms. The Balaban J connectivity index is 1.45. The standard InChI is InChI=1S/C42H47N5O2/c1-41(2,3)38-36(43-40(48)31-16-8-4-9-17-31)25-24-35(30-26-28-49-29-27-30)37(38)39-44-46-47(45-39)42(32-18-10-5-11-19-32,33-20-12-6-13-21-33)34-22-14-7-15-23-34/h5-7,10-15,18-25,30-31H,4,8-9,16-17,26-29H2,1-3H3,(H,43,48). The number of hydrogen-bond acceptors (Lipinski definition) is 5. The highest BCUT2D eigenvalue weighted by Gasteiger charge is 2.42. The monoisotopic (exact) mass is 653 g/mol. The summed E-state index contributed by atoms with van der Waals surface area (Å²) >= 11 is 0. The van der Waals surface area contributed by atoms with Crippen molar-refractivity contribution < 1.29 is 9.53 Å². The number of anilines is 1. The first-order valence-electron chi connectivity index (χ1n) is 17.9. The zero-order chi connectivity index (χ0) is 33.8. The molecule has 5 aromatic rings. The molecule has 4 aromatic carbocycles. The molecule has 2 fully saturated rings. The van der Waals surface area contributed by atoms with Crippen molar-refractivity contribution in [1.29, 1.82) is 0 Å². The van der Waals surface area contributed by atoms with Crippen LogP contribution in [-0.2, 0) is 20.5 Å². The molecule has 1 aliphatic carbocycles. The number of amides is 1. The molecule has 0 bridgehead atoms. The Morgan fingerprint density at radius 1 is 0.735 bits per heavy atom. The Morgan fingerprint density at radius 3 is 1.82 bits per heavy atom. The predicted molar refractivity (Wildman–Crippen MR) is 195 cm³/mol. The molecule has 2 heterocycles. The average Bonchev–Trinajstić information content (AvgIpc) is 3.64. The molecule has 1 aliphatic heterocycles. The number of aromatic nitrogens is 4. The van der Waals surface area contributed by atoms with E-state index in [1.807, 2.05) is 18.2 Å². The van der Waals surface area contributed by atoms with E-state index in [1.165, 1.54) is 12.0 Å². The molecule has 0 atom stereocenters. The number of nitrogens with one attached hydrogen (secondary N) is 1. The van der Waals surface area contributed by atoms with Gasteiger partial charge in [0.2, 0.25) is 11.7 Å². The molecule has 0 unspecified atom stereocenters. The maximum Gasteiger partial charge on any atom is 0.227 e. The van der Waals surface area contributed by atoms with Gasteiger partial charge in [-0.25, -0.2) is 0 Å². The lowest BCUT2D eigenvalue weighted by atomic mass is 9.77. The van der Waals surface area contributed by atoms with E-state index in [4.69, 9.17) is 20.1 Å². The van der Waals surface area contributed by atoms with Gasteiger partial charge in [-0.15, -0.1) is 15.0 Å². The average molecular weight is 654 g/mol. The maximum atomic E-state index is 13.7. The fourth-order valence-corrected chi connectivity index (χ4v) is 8.03. The van der Waals surface area contributed by atoms with Crippen molar-refractivity contribution >= 4 is 11.6 Å². The molecule has 1 N–H and O–H groups in total. The van der Waals surface area contributed by atoms with E-state index in [0.717, 1.165) is 72.0 Å². The summed E-state index contributed by atoms with van der Waals surface area (Å²) in [5.41, 5.74) is 5.93. The van der Waals surface area contributed by atoms with Crippen molar-refractivity contribution in [1.82, 2.24) is 20.2 Å². The maximum absolute atomic E-state index is 13.7. The van der Waals surface area contributed by atoms with Crippen molar-refractivity contribution in [2.75, 3.05) is 18.5 Å². The highest BCUT2D eigenvalue weighted by Crippen LogP contribution is 2.45. The topological polar surface area (TPSA) is 81.9 Å². The lowest BCUT2D eigenvalue weighted by molar-refractivity contribution is -0.120. The minimum atomic E-state index is -0.886. The highest BCUT2D eigenvalue weighted by atomic mass is 16.5. The van der Waals surface area contributed by atoms with Gasteiger partial charge >= 0.3 is 0 Å². The van der Waals surface area contributed by atoms with Gasteiger partial charge in [0, 0.05) is 30.4 Å². The molecule has 49 heavy (non-hydrogen) atoms. The Kier molecular flexibility index (Phi) is 9.46. The van der Waals surface area contributed by atoms with Gasteiger partial charge in [-0.2, -0.15) is 0 Å². The number of carbonyl (C=O) groups excluding carboxylic acids is 1. The highest BCUT2D eigenvalue weighted by molar-refractivity contribution is 5.95. The first kappa shape index (κ1) is 32.9. The van der Waals surface area contributed by atoms with Crippen LogP contribution in [0.5, 0.6) is 0 Å². The lowest BCUT2D eigenvalue weighted by Gasteiger charge is -2.34. The Hall–Kier alpha value is -4.62. The molecule has 0 radical (unpaired) electrons. The van der Waals surface area contributed by atoms with Crippen molar-refractivity contribution in [2.24, 2.45) is 5.92 Å². The molecule has 7 rings (SSSR count). The molecule has 1 saturated carbocycles. The van der Waals surface area contributed by atoms with Crippen LogP contribution in [0.25, 0.3) is 11.4 Å². The summed E-state index contributed by atoms with van der Waals surface area (Å²) < 4.78 is 5.80. The zero-order valence-corrected chi connectivity index (χ0v) is 28.9. The Bertz CT molecular complexity index is 1760. The number of rotatable bonds is 8. The van der Waals surface area contributed by atoms with E-state index >= 15 is 0 Å². The third-order valence-electron chi connectivity index (χ3n) is 10.4. The quantitative estimate of drug-likeness (QED) is 0.169. The molecular formula is C42H47N5O2. The van der Waals surface area contributed by atoms with Gasteiger partial charge in [-0.1, -0.05) is 137 Å². The number of carbonyl (C=O) groups is 1. The summed E-state index contributed by atoms with van der Waals surface area (Å²) in [6.07, 6.45) is 7.15. The second-order valence-corrected chi connectivity index (χ2v) is 14.6. The fourth-order valence-electron chi connectivity index (χ4n) is 8.03. The minimum absolute atomic E-state index is 0.0439. The van der Waals surface area contributed by atoms with E-state index in [-0.39, 0.29) is 23.2 Å². The van der Waals surface area contributed by atoms with E-state index in [9.17, 15) is 4.79 Å². The Labute approximate surface area is 290 Å². The van der Waals surface area contributed by atoms with Gasteiger partial charge in [0.1, 0.15) is 0 Å². The smallest absolute Gasteiger partial charge is 0.227 e. The van der Waals surface area contributed by atoms with E-state index in [2.05, 4.69) is 111 Å². The normalized spacial score (nSPS) is 16.4. The summed E-state index contributed by atoms with van der Waals surface area (Å²) in [6.45, 7) is 8.07. The first-order chi connectivity index (χ1) is 23.9. The third kappa shape index (κ3) is 6.44. The van der Waals surface area contributed by atoms with Crippen LogP contribution in [0.2, 0.25) is 0 Å². The summed E-state index contributed by atoms with van der Waals surface area (Å²) in [7, 11) is 0. The predicted octanol–water partition coefficient (Wildman–Crippen LogP) is 8.89. The van der Waals surface area contributed by atoms with Crippen LogP contribution in [0.1, 0.15) is 99.5 Å². The van der Waals surface area contributed by atoms with Crippen molar-refractivity contribution in [3.8, 4) is 11.4 Å². The lowest BCUT2D eigenvalue weighted by Crippen LogP contribution is -2.39. The number of benzene rings is 4. The second kappa shape index (κ2) is 14.1. The number of ether oxygens (including phenoxy) is 1. The Morgan fingerprint density at radius 2 is 1.29 bits per heavy atom. The van der Waals surface area contributed by atoms with Crippen molar-refractivity contribution in [3.05, 3.63) is 131 Å². The van der Waals surface area contributed by atoms with Crippen molar-refractivity contribution in [3.63, 3.8) is 0 Å². The molecule has 252 valence electrons. The van der Waals surface area contributed by atoms with Gasteiger partial charge in [-0.05, 0) is 76.1 Å². The SMILES string of the molecule is CC(C)(C)c1c(NC(=O)C2CCCCC2)ccc(C2CCOCC2)c1-c1nnn(C(c2ccccc2)(c2ccccc2)c2ccccc2)n1. The van der Waals surface area contributed by atoms with E-state index < -0.39 is 5.54 Å². The molecule has 7 nitrogen and oxygen atoms in total. The number of nitrogens with zero attached hydrogens (tertiary/aromatic N) is 4. The molecule has 1 amide bonds. The van der Waals surface area contributed by atoms with E-state index in [1.54, 1.807) is 4.80 Å². The van der Waals surface area contributed by atoms with Crippen LogP contribution in [0, 0.1) is 5.92 Å². The van der Waals surface area contributed by atoms with Crippen LogP contribution in [0.15, 0.2) is 103 Å². The van der Waals surface area contributed by atoms with Crippen molar-refractivity contribution in [2.45, 2.75) is 82.6 Å². The van der Waals surface area contributed by atoms with Crippen LogP contribution in [-0.4, -0.2) is 39.3 Å². The number of hydrogen-bond donors (Lipinski definition) is 1. The van der Waals surface area contributed by atoms with Crippen LogP contribution < -0.4 is 5.32 Å². The van der Waals surface area contributed by atoms with Crippen LogP contribution >= 0.6 is 0 Å². The van der Waals surface area contributed by atoms with Crippen LogP contribution in [0.3, 0.4) is 0 Å². The molecule has 1 aromatic heterocycles. The minimum Gasteiger partial charge on any atom is -0.381 e. The van der Waals surface area contributed by atoms with Gasteiger partial charge in [0.25, 0.3) is 0 Å². The fraction of sp³-hybridized carbons (Fsp3) is 0.381. The van der Waals surface area contributed by atoms with Crippen LogP contribution in [0.4, 0.5) is 5.69 Å². The van der Waals surface area contributed by atoms with Gasteiger partial charge in [0.15, 0.2) is 5.54 Å². The summed E-state index contributed by atoms with van der Waals surface area (Å²) in [5.74, 6) is 1.000. The van der Waals surface area contributed by atoms with Gasteiger partial charge < -0.3 is 10.1 Å². The number of tetrazole rings is 1. The molecular weight excluding hydrogens is 606 g/mol. The summed E-state index contributed by atoms with van der Waals surface area (Å²) in [4.78, 5) is 15.5. The summed E-state index contributed by atoms with van der Waals surface area (Å²) in [6, 6.07) is 35.6. The third-order valence-corrected chi connectivity index (χ3v) is 10.4.